The first-order chi connectivity index (χ1) is 13.2. The van der Waals surface area contributed by atoms with Crippen molar-refractivity contribution < 1.29 is 24.8 Å². The number of unbranched alkanes of at least 4 members (excludes halogenated alkanes) is 13. The van der Waals surface area contributed by atoms with E-state index in [1.54, 1.807) is 0 Å². The van der Waals surface area contributed by atoms with E-state index in [1.165, 1.54) is 77.0 Å². The lowest BCUT2D eigenvalue weighted by atomic mass is 10.0. The Balaban J connectivity index is 1.82. The van der Waals surface area contributed by atoms with Crippen LogP contribution in [-0.2, 0) is 9.47 Å². The van der Waals surface area contributed by atoms with Crippen LogP contribution >= 0.6 is 0 Å². The molecule has 1 fully saturated rings. The van der Waals surface area contributed by atoms with Gasteiger partial charge in [0.15, 0.2) is 0 Å². The average Bonchev–Trinajstić information content (AvgIpc) is 3.04. The van der Waals surface area contributed by atoms with Crippen molar-refractivity contribution in [2.24, 2.45) is 0 Å². The van der Waals surface area contributed by atoms with Gasteiger partial charge in [0, 0.05) is 6.61 Å². The van der Waals surface area contributed by atoms with Crippen LogP contribution in [0.15, 0.2) is 0 Å². The Morgan fingerprint density at radius 1 is 0.852 bits per heavy atom. The zero-order valence-electron chi connectivity index (χ0n) is 17.5. The maximum Gasteiger partial charge on any atom is 0.114 e. The van der Waals surface area contributed by atoms with Crippen LogP contribution in [-0.4, -0.2) is 59.6 Å². The van der Waals surface area contributed by atoms with Gasteiger partial charge in [0.2, 0.25) is 0 Å². The minimum atomic E-state index is -1.05. The van der Waals surface area contributed by atoms with Gasteiger partial charge < -0.3 is 24.8 Å². The van der Waals surface area contributed by atoms with E-state index in [-0.39, 0.29) is 6.61 Å². The third-order valence-electron chi connectivity index (χ3n) is 5.57. The van der Waals surface area contributed by atoms with Gasteiger partial charge in [0.1, 0.15) is 24.4 Å². The number of rotatable bonds is 18. The summed E-state index contributed by atoms with van der Waals surface area (Å²) in [5.74, 6) is 0. The molecular formula is C22H44O5. The molecule has 0 aromatic carbocycles. The molecule has 0 radical (unpaired) electrons. The SMILES string of the molecule is CCCCCCCCCCCCCCCCO[C@@H]1CO[C@@H]([C@@H](O)CO)[C@H]1O. The summed E-state index contributed by atoms with van der Waals surface area (Å²) in [5, 5.41) is 28.5. The Hall–Kier alpha value is -0.200. The number of ether oxygens (including phenoxy) is 2. The van der Waals surface area contributed by atoms with Crippen molar-refractivity contribution in [3.05, 3.63) is 0 Å². The Bertz CT molecular complexity index is 326. The largest absolute Gasteiger partial charge is 0.394 e. The second-order valence-electron chi connectivity index (χ2n) is 8.04. The monoisotopic (exact) mass is 388 g/mol. The summed E-state index contributed by atoms with van der Waals surface area (Å²) >= 11 is 0. The summed E-state index contributed by atoms with van der Waals surface area (Å²) in [7, 11) is 0. The first-order valence-electron chi connectivity index (χ1n) is 11.4. The molecule has 3 N–H and O–H groups in total. The highest BCUT2D eigenvalue weighted by Crippen LogP contribution is 2.20. The Kier molecular flexibility index (Phi) is 15.4. The van der Waals surface area contributed by atoms with Gasteiger partial charge in [0.25, 0.3) is 0 Å². The molecule has 4 atom stereocenters. The number of aliphatic hydroxyl groups excluding tert-OH is 3. The van der Waals surface area contributed by atoms with Crippen molar-refractivity contribution in [2.45, 2.75) is 121 Å². The summed E-state index contributed by atoms with van der Waals surface area (Å²) in [6.07, 6.45) is 15.5. The van der Waals surface area contributed by atoms with Crippen molar-refractivity contribution in [3.63, 3.8) is 0 Å². The molecule has 0 amide bonds. The maximum absolute atomic E-state index is 10.0. The predicted octanol–water partition coefficient (Wildman–Crippen LogP) is 3.97. The summed E-state index contributed by atoms with van der Waals surface area (Å²) in [5.41, 5.74) is 0. The van der Waals surface area contributed by atoms with E-state index in [2.05, 4.69) is 6.92 Å². The molecule has 1 saturated heterocycles. The standard InChI is InChI=1S/C22H44O5/c1-2-3-4-5-6-7-8-9-10-11-12-13-14-15-16-26-20-18-27-22(21(20)25)19(24)17-23/h19-25H,2-18H2,1H3/t19-,20+,21-,22-/m0/s1. The second kappa shape index (κ2) is 16.7. The topological polar surface area (TPSA) is 79.2 Å². The molecule has 0 spiro atoms. The number of hydrogen-bond acceptors (Lipinski definition) is 5. The fraction of sp³-hybridized carbons (Fsp3) is 1.00. The van der Waals surface area contributed by atoms with Crippen LogP contribution in [0.2, 0.25) is 0 Å². The molecule has 1 heterocycles. The number of hydrogen-bond donors (Lipinski definition) is 3. The molecule has 27 heavy (non-hydrogen) atoms. The molecule has 5 heteroatoms. The van der Waals surface area contributed by atoms with Gasteiger partial charge in [-0.2, -0.15) is 0 Å². The van der Waals surface area contributed by atoms with Crippen LogP contribution in [0.25, 0.3) is 0 Å². The van der Waals surface area contributed by atoms with Crippen molar-refractivity contribution in [1.29, 1.82) is 0 Å². The van der Waals surface area contributed by atoms with Gasteiger partial charge in [-0.1, -0.05) is 90.4 Å². The first-order valence-corrected chi connectivity index (χ1v) is 11.4. The Labute approximate surface area is 166 Å². The summed E-state index contributed by atoms with van der Waals surface area (Å²) in [6.45, 7) is 2.75. The highest BCUT2D eigenvalue weighted by Gasteiger charge is 2.40. The quantitative estimate of drug-likeness (QED) is 0.310. The highest BCUT2D eigenvalue weighted by molar-refractivity contribution is 4.88. The number of aliphatic hydroxyl groups is 3. The highest BCUT2D eigenvalue weighted by atomic mass is 16.6. The first kappa shape index (κ1) is 24.8. The fourth-order valence-electron chi connectivity index (χ4n) is 3.74. The average molecular weight is 389 g/mol. The van der Waals surface area contributed by atoms with Gasteiger partial charge in [-0.3, -0.25) is 0 Å². The van der Waals surface area contributed by atoms with Gasteiger partial charge in [-0.25, -0.2) is 0 Å². The Morgan fingerprint density at radius 3 is 1.81 bits per heavy atom. The van der Waals surface area contributed by atoms with Crippen LogP contribution in [0, 0.1) is 0 Å². The summed E-state index contributed by atoms with van der Waals surface area (Å²) in [4.78, 5) is 0. The molecular weight excluding hydrogens is 344 g/mol. The fourth-order valence-corrected chi connectivity index (χ4v) is 3.74. The molecule has 0 unspecified atom stereocenters. The van der Waals surface area contributed by atoms with E-state index in [4.69, 9.17) is 14.6 Å². The molecule has 0 aromatic rings. The lowest BCUT2D eigenvalue weighted by Gasteiger charge is -2.20. The van der Waals surface area contributed by atoms with Gasteiger partial charge in [-0.15, -0.1) is 0 Å². The van der Waals surface area contributed by atoms with E-state index in [1.807, 2.05) is 0 Å². The minimum absolute atomic E-state index is 0.279. The lowest BCUT2D eigenvalue weighted by Crippen LogP contribution is -2.41. The molecule has 5 nitrogen and oxygen atoms in total. The van der Waals surface area contributed by atoms with Crippen molar-refractivity contribution >= 4 is 0 Å². The maximum atomic E-state index is 10.0. The second-order valence-corrected chi connectivity index (χ2v) is 8.04. The smallest absolute Gasteiger partial charge is 0.114 e. The molecule has 1 rings (SSSR count). The van der Waals surface area contributed by atoms with Gasteiger partial charge in [-0.05, 0) is 6.42 Å². The molecule has 0 aliphatic carbocycles. The van der Waals surface area contributed by atoms with Crippen molar-refractivity contribution in [1.82, 2.24) is 0 Å². The van der Waals surface area contributed by atoms with Crippen molar-refractivity contribution in [2.75, 3.05) is 19.8 Å². The van der Waals surface area contributed by atoms with E-state index in [9.17, 15) is 10.2 Å². The molecule has 0 aromatic heterocycles. The van der Waals surface area contributed by atoms with Gasteiger partial charge >= 0.3 is 0 Å². The van der Waals surface area contributed by atoms with E-state index in [0.717, 1.165) is 12.8 Å². The van der Waals surface area contributed by atoms with Crippen LogP contribution in [0.5, 0.6) is 0 Å². The molecule has 1 aliphatic rings. The molecule has 0 bridgehead atoms. The molecule has 0 saturated carbocycles. The van der Waals surface area contributed by atoms with E-state index in [0.29, 0.717) is 6.61 Å². The molecule has 1 aliphatic heterocycles. The summed E-state index contributed by atoms with van der Waals surface area (Å²) in [6, 6.07) is 0. The minimum Gasteiger partial charge on any atom is -0.394 e. The zero-order valence-corrected chi connectivity index (χ0v) is 17.5. The van der Waals surface area contributed by atoms with Crippen molar-refractivity contribution in [3.8, 4) is 0 Å². The molecule has 162 valence electrons. The third kappa shape index (κ3) is 11.4. The van der Waals surface area contributed by atoms with Crippen LogP contribution in [0.1, 0.15) is 96.8 Å². The van der Waals surface area contributed by atoms with Crippen LogP contribution in [0.3, 0.4) is 0 Å². The Morgan fingerprint density at radius 2 is 1.33 bits per heavy atom. The normalized spacial score (nSPS) is 23.8. The van der Waals surface area contributed by atoms with Gasteiger partial charge in [0.05, 0.1) is 13.2 Å². The lowest BCUT2D eigenvalue weighted by molar-refractivity contribution is -0.0730. The van der Waals surface area contributed by atoms with E-state index < -0.39 is 31.0 Å². The van der Waals surface area contributed by atoms with E-state index >= 15 is 0 Å². The zero-order chi connectivity index (χ0) is 19.7. The van der Waals surface area contributed by atoms with Crippen LogP contribution < -0.4 is 0 Å². The predicted molar refractivity (Wildman–Crippen MR) is 109 cm³/mol. The third-order valence-corrected chi connectivity index (χ3v) is 5.57. The van der Waals surface area contributed by atoms with Crippen LogP contribution in [0.4, 0.5) is 0 Å². The summed E-state index contributed by atoms with van der Waals surface area (Å²) < 4.78 is 11.0.